The first-order valence-corrected chi connectivity index (χ1v) is 14.6. The van der Waals surface area contributed by atoms with E-state index in [9.17, 15) is 38.7 Å². The van der Waals surface area contributed by atoms with Gasteiger partial charge in [-0.15, -0.1) is 0 Å². The van der Waals surface area contributed by atoms with Crippen molar-refractivity contribution < 1.29 is 67.1 Å². The van der Waals surface area contributed by atoms with Crippen LogP contribution in [-0.2, 0) is 42.8 Å². The highest BCUT2D eigenvalue weighted by Crippen LogP contribution is 2.28. The lowest BCUT2D eigenvalue weighted by Gasteiger charge is -2.07. The summed E-state index contributed by atoms with van der Waals surface area (Å²) in [7, 11) is 0. The van der Waals surface area contributed by atoms with Crippen LogP contribution >= 0.6 is 0 Å². The lowest BCUT2D eigenvalue weighted by atomic mass is 10.1. The SMILES string of the molecule is CC(=O)OCOC(=O)c1c2nc(c(C(=O)OCOC(C)=O)c3ccc([nH]3)c(C(=O)O)c3ccc([nH]3)c(C(=O)OCOC(C)=O)c3nc1C=C3)C=C2. The monoisotopic (exact) mass is 702 g/mol. The number of H-pyrrole nitrogens is 2. The first-order chi connectivity index (χ1) is 24.3. The lowest BCUT2D eigenvalue weighted by Crippen LogP contribution is -2.14. The average Bonchev–Trinajstić information content (AvgIpc) is 3.87. The third kappa shape index (κ3) is 7.96. The van der Waals surface area contributed by atoms with E-state index in [0.29, 0.717) is 0 Å². The molecule has 0 fully saturated rings. The van der Waals surface area contributed by atoms with Crippen LogP contribution in [0.2, 0.25) is 0 Å². The minimum atomic E-state index is -1.40. The molecule has 3 aromatic rings. The van der Waals surface area contributed by atoms with Gasteiger partial charge >= 0.3 is 41.8 Å². The van der Waals surface area contributed by atoms with E-state index in [4.69, 9.17) is 28.4 Å². The molecule has 18 heteroatoms. The zero-order valence-corrected chi connectivity index (χ0v) is 26.9. The van der Waals surface area contributed by atoms with Gasteiger partial charge in [-0.1, -0.05) is 0 Å². The van der Waals surface area contributed by atoms with Crippen LogP contribution in [0.5, 0.6) is 0 Å². The Balaban J connectivity index is 1.86. The van der Waals surface area contributed by atoms with Crippen molar-refractivity contribution in [3.8, 4) is 0 Å². The van der Waals surface area contributed by atoms with E-state index in [1.165, 1.54) is 48.6 Å². The van der Waals surface area contributed by atoms with Gasteiger partial charge < -0.3 is 43.5 Å². The third-order valence-corrected chi connectivity index (χ3v) is 6.94. The molecule has 51 heavy (non-hydrogen) atoms. The van der Waals surface area contributed by atoms with Gasteiger partial charge in [-0.25, -0.2) is 29.1 Å². The van der Waals surface area contributed by atoms with Crippen molar-refractivity contribution >= 4 is 88.2 Å². The summed E-state index contributed by atoms with van der Waals surface area (Å²) in [6, 6.07) is 5.49. The molecule has 2 aliphatic heterocycles. The quantitative estimate of drug-likeness (QED) is 0.107. The number of nitrogens with zero attached hydrogens (tertiary/aromatic N) is 2. The van der Waals surface area contributed by atoms with Crippen molar-refractivity contribution in [1.29, 1.82) is 0 Å². The van der Waals surface area contributed by atoms with Gasteiger partial charge in [0, 0.05) is 20.8 Å². The molecule has 0 saturated carbocycles. The van der Waals surface area contributed by atoms with Gasteiger partial charge in [0.05, 0.1) is 44.8 Å². The Hall–Kier alpha value is -7.11. The Morgan fingerprint density at radius 2 is 0.784 bits per heavy atom. The van der Waals surface area contributed by atoms with Crippen LogP contribution < -0.4 is 0 Å². The van der Waals surface area contributed by atoms with Gasteiger partial charge in [-0.05, 0) is 48.6 Å². The molecule has 8 bridgehead atoms. The first kappa shape index (κ1) is 35.2. The molecule has 0 aliphatic carbocycles. The van der Waals surface area contributed by atoms with Crippen LogP contribution in [-0.4, -0.2) is 87.2 Å². The second-order valence-electron chi connectivity index (χ2n) is 10.4. The summed E-state index contributed by atoms with van der Waals surface area (Å²) in [4.78, 5) is 101. The number of carboxylic acid groups (broad SMARTS) is 1. The standard InChI is InChI=1S/C33H26N4O14/c1-15(38)46-12-49-31(43)27-20-6-4-18(34-20)26(30(41)42)19-5-7-21(35-19)28(32(44)50-13-47-16(2)39)23-9-11-25(37-23)29(24-10-8-22(27)36-24)33(45)51-14-48-17(3)40/h4-11,34-35H,12-14H2,1-3H3,(H,41,42). The number of aromatic nitrogens is 4. The summed E-state index contributed by atoms with van der Waals surface area (Å²) in [5.74, 6) is -6.70. The molecule has 0 aromatic carbocycles. The number of carboxylic acids is 1. The van der Waals surface area contributed by atoms with Gasteiger partial charge in [-0.2, -0.15) is 0 Å². The molecule has 18 nitrogen and oxygen atoms in total. The smallest absolute Gasteiger partial charge is 0.345 e. The van der Waals surface area contributed by atoms with Crippen LogP contribution in [0.4, 0.5) is 0 Å². The first-order valence-electron chi connectivity index (χ1n) is 14.6. The fraction of sp³-hybridized carbons (Fsp3) is 0.182. The second-order valence-corrected chi connectivity index (χ2v) is 10.4. The topological polar surface area (TPSA) is 252 Å². The molecule has 0 atom stereocenters. The van der Waals surface area contributed by atoms with Crippen molar-refractivity contribution in [2.24, 2.45) is 0 Å². The van der Waals surface area contributed by atoms with Crippen LogP contribution in [0.15, 0.2) is 24.3 Å². The number of esters is 6. The minimum absolute atomic E-state index is 0.00377. The van der Waals surface area contributed by atoms with Crippen LogP contribution in [0.3, 0.4) is 0 Å². The van der Waals surface area contributed by atoms with Gasteiger partial charge in [0.15, 0.2) is 0 Å². The van der Waals surface area contributed by atoms with Crippen LogP contribution in [0.1, 0.15) is 85.0 Å². The number of ether oxygens (including phenoxy) is 6. The molecule has 0 amide bonds. The molecule has 0 spiro atoms. The van der Waals surface area contributed by atoms with Gasteiger partial charge in [0.25, 0.3) is 0 Å². The maximum atomic E-state index is 13.5. The summed E-state index contributed by atoms with van der Waals surface area (Å²) in [5, 5.41) is 10.2. The molecule has 5 rings (SSSR count). The van der Waals surface area contributed by atoms with E-state index < -0.39 is 62.2 Å². The largest absolute Gasteiger partial charge is 0.478 e. The van der Waals surface area contributed by atoms with Crippen LogP contribution in [0, 0.1) is 0 Å². The van der Waals surface area contributed by atoms with Crippen molar-refractivity contribution in [2.45, 2.75) is 20.8 Å². The Kier molecular flexibility index (Phi) is 10.3. The highest BCUT2D eigenvalue weighted by Gasteiger charge is 2.26. The van der Waals surface area contributed by atoms with E-state index in [2.05, 4.69) is 19.9 Å². The maximum Gasteiger partial charge on any atom is 0.345 e. The van der Waals surface area contributed by atoms with Gasteiger partial charge in [0.1, 0.15) is 22.3 Å². The normalized spacial score (nSPS) is 11.4. The Morgan fingerprint density at radius 1 is 0.490 bits per heavy atom. The maximum absolute atomic E-state index is 13.5. The van der Waals surface area contributed by atoms with E-state index in [1.54, 1.807) is 0 Å². The van der Waals surface area contributed by atoms with Crippen LogP contribution in [0.25, 0.3) is 46.4 Å². The molecular formula is C33H26N4O14. The molecular weight excluding hydrogens is 676 g/mol. The summed E-state index contributed by atoms with van der Waals surface area (Å²) < 4.78 is 29.6. The van der Waals surface area contributed by atoms with E-state index in [-0.39, 0.29) is 67.1 Å². The molecule has 5 heterocycles. The number of aromatic amines is 2. The van der Waals surface area contributed by atoms with E-state index >= 15 is 0 Å². The van der Waals surface area contributed by atoms with Crippen molar-refractivity contribution in [3.63, 3.8) is 0 Å². The Labute approximate surface area is 285 Å². The number of nitrogens with one attached hydrogen (secondary N) is 2. The number of carbonyl (C=O) groups excluding carboxylic acids is 6. The molecule has 2 aliphatic rings. The fourth-order valence-electron chi connectivity index (χ4n) is 4.79. The molecule has 0 unspecified atom stereocenters. The summed E-state index contributed by atoms with van der Waals surface area (Å²) in [6.07, 6.45) is 5.39. The summed E-state index contributed by atoms with van der Waals surface area (Å²) >= 11 is 0. The number of rotatable bonds is 10. The predicted octanol–water partition coefficient (Wildman–Crippen LogP) is 3.39. The molecule has 3 aromatic heterocycles. The average molecular weight is 703 g/mol. The molecule has 0 saturated heterocycles. The number of carbonyl (C=O) groups is 7. The molecule has 3 N–H and O–H groups in total. The van der Waals surface area contributed by atoms with Crippen molar-refractivity contribution in [3.05, 3.63) is 69.3 Å². The second kappa shape index (κ2) is 15.0. The lowest BCUT2D eigenvalue weighted by molar-refractivity contribution is -0.150. The van der Waals surface area contributed by atoms with Crippen molar-refractivity contribution in [2.75, 3.05) is 20.4 Å². The third-order valence-electron chi connectivity index (χ3n) is 6.94. The number of hydrogen-bond acceptors (Lipinski definition) is 15. The summed E-state index contributed by atoms with van der Waals surface area (Å²) in [5.41, 5.74) is -1.35. The van der Waals surface area contributed by atoms with Gasteiger partial charge in [0.2, 0.25) is 20.4 Å². The predicted molar refractivity (Wildman–Crippen MR) is 172 cm³/mol. The van der Waals surface area contributed by atoms with Gasteiger partial charge in [-0.3, -0.25) is 14.4 Å². The summed E-state index contributed by atoms with van der Waals surface area (Å²) in [6.45, 7) is 1.06. The zero-order chi connectivity index (χ0) is 36.8. The highest BCUT2D eigenvalue weighted by atomic mass is 16.7. The van der Waals surface area contributed by atoms with E-state index in [1.807, 2.05) is 0 Å². The van der Waals surface area contributed by atoms with Crippen molar-refractivity contribution in [1.82, 2.24) is 19.9 Å². The number of fused-ring (bicyclic) bond motifs is 8. The highest BCUT2D eigenvalue weighted by molar-refractivity contribution is 6.08. The zero-order valence-electron chi connectivity index (χ0n) is 26.9. The fourth-order valence-corrected chi connectivity index (χ4v) is 4.79. The van der Waals surface area contributed by atoms with E-state index in [0.717, 1.165) is 20.8 Å². The Bertz CT molecular complexity index is 2100. The minimum Gasteiger partial charge on any atom is -0.478 e. The number of aromatic carboxylic acids is 1. The molecule has 0 radical (unpaired) electrons. The number of hydrogen-bond donors (Lipinski definition) is 3. The molecule has 262 valence electrons. The Morgan fingerprint density at radius 3 is 1.10 bits per heavy atom.